The molecule has 0 radical (unpaired) electrons. The Morgan fingerprint density at radius 1 is 1.20 bits per heavy atom. The highest BCUT2D eigenvalue weighted by atomic mass is 14.6. The van der Waals surface area contributed by atoms with Crippen LogP contribution < -0.4 is 5.73 Å². The van der Waals surface area contributed by atoms with E-state index in [9.17, 15) is 0 Å². The van der Waals surface area contributed by atoms with Gasteiger partial charge < -0.3 is 5.73 Å². The molecule has 1 heteroatoms. The van der Waals surface area contributed by atoms with Crippen molar-refractivity contribution in [3.05, 3.63) is 35.4 Å². The Morgan fingerprint density at radius 2 is 2.00 bits per heavy atom. The molecule has 80 valence electrons. The fourth-order valence-corrected chi connectivity index (χ4v) is 3.44. The molecule has 0 saturated heterocycles. The summed E-state index contributed by atoms with van der Waals surface area (Å²) in [5.74, 6) is 0.618. The van der Waals surface area contributed by atoms with E-state index in [0.29, 0.717) is 11.3 Å². The van der Waals surface area contributed by atoms with Crippen LogP contribution in [0.3, 0.4) is 0 Å². The van der Waals surface area contributed by atoms with Gasteiger partial charge in [0.15, 0.2) is 0 Å². The summed E-state index contributed by atoms with van der Waals surface area (Å²) in [5, 5.41) is 0. The van der Waals surface area contributed by atoms with Gasteiger partial charge in [-0.1, -0.05) is 30.7 Å². The molecule has 1 nitrogen and oxygen atoms in total. The lowest BCUT2D eigenvalue weighted by Gasteiger charge is -2.48. The number of hydrogen-bond donors (Lipinski definition) is 1. The molecule has 0 heterocycles. The van der Waals surface area contributed by atoms with Crippen LogP contribution in [0.25, 0.3) is 0 Å². The van der Waals surface area contributed by atoms with Crippen LogP contribution >= 0.6 is 0 Å². The quantitative estimate of drug-likeness (QED) is 0.742. The molecule has 0 amide bonds. The molecule has 0 aromatic heterocycles. The second-order valence-electron chi connectivity index (χ2n) is 5.19. The number of nitrogens with two attached hydrogens (primary N) is 1. The Kier molecular flexibility index (Phi) is 2.10. The molecule has 1 saturated carbocycles. The van der Waals surface area contributed by atoms with Gasteiger partial charge in [-0.3, -0.25) is 0 Å². The molecule has 1 aromatic rings. The average molecular weight is 201 g/mol. The van der Waals surface area contributed by atoms with Gasteiger partial charge >= 0.3 is 0 Å². The van der Waals surface area contributed by atoms with Crippen molar-refractivity contribution in [3.63, 3.8) is 0 Å². The van der Waals surface area contributed by atoms with Crippen LogP contribution in [0.2, 0.25) is 0 Å². The van der Waals surface area contributed by atoms with E-state index in [1.807, 2.05) is 0 Å². The summed E-state index contributed by atoms with van der Waals surface area (Å²) < 4.78 is 0. The van der Waals surface area contributed by atoms with Crippen molar-refractivity contribution in [2.75, 3.05) is 6.54 Å². The molecule has 0 bridgehead atoms. The Labute approximate surface area is 91.7 Å². The predicted molar refractivity (Wildman–Crippen MR) is 63.0 cm³/mol. The van der Waals surface area contributed by atoms with Crippen LogP contribution in [0, 0.1) is 0 Å². The molecular formula is C14H19N. The minimum atomic E-state index is 0.558. The Morgan fingerprint density at radius 3 is 2.67 bits per heavy atom. The third kappa shape index (κ3) is 1.26. The largest absolute Gasteiger partial charge is 0.330 e. The molecular weight excluding hydrogens is 182 g/mol. The van der Waals surface area contributed by atoms with Crippen molar-refractivity contribution in [1.29, 1.82) is 0 Å². The zero-order valence-electron chi connectivity index (χ0n) is 9.21. The summed E-state index contributed by atoms with van der Waals surface area (Å²) in [6.07, 6.45) is 6.89. The van der Waals surface area contributed by atoms with Crippen LogP contribution in [0.5, 0.6) is 0 Å². The first-order chi connectivity index (χ1) is 7.36. The molecule has 1 spiro atoms. The summed E-state index contributed by atoms with van der Waals surface area (Å²) in [4.78, 5) is 0. The smallest absolute Gasteiger partial charge is 0.000813 e. The third-order valence-corrected chi connectivity index (χ3v) is 4.54. The highest BCUT2D eigenvalue weighted by Crippen LogP contribution is 2.53. The van der Waals surface area contributed by atoms with Gasteiger partial charge in [-0.2, -0.15) is 0 Å². The Hall–Kier alpha value is -0.820. The molecule has 1 fully saturated rings. The molecule has 2 aliphatic rings. The second kappa shape index (κ2) is 3.34. The van der Waals surface area contributed by atoms with E-state index in [1.165, 1.54) is 32.1 Å². The first kappa shape index (κ1) is 9.41. The SMILES string of the molecule is NCC1CCC2(CCC2)c2ccccc21. The van der Waals surface area contributed by atoms with E-state index < -0.39 is 0 Å². The van der Waals surface area contributed by atoms with Gasteiger partial charge in [-0.05, 0) is 54.7 Å². The summed E-state index contributed by atoms with van der Waals surface area (Å²) >= 11 is 0. The standard InChI is InChI=1S/C14H19N/c15-10-11-6-9-14(7-3-8-14)13-5-2-1-4-12(11)13/h1-2,4-5,11H,3,6-10,15H2. The Balaban J connectivity index is 2.07. The van der Waals surface area contributed by atoms with Crippen molar-refractivity contribution >= 4 is 0 Å². The van der Waals surface area contributed by atoms with Gasteiger partial charge in [0.2, 0.25) is 0 Å². The van der Waals surface area contributed by atoms with Crippen LogP contribution in [0.15, 0.2) is 24.3 Å². The number of rotatable bonds is 1. The van der Waals surface area contributed by atoms with Gasteiger partial charge in [0.05, 0.1) is 0 Å². The Bertz CT molecular complexity index is 365. The monoisotopic (exact) mass is 201 g/mol. The minimum absolute atomic E-state index is 0.558. The average Bonchev–Trinajstić information content (AvgIpc) is 2.25. The summed E-state index contributed by atoms with van der Waals surface area (Å²) in [7, 11) is 0. The maximum Gasteiger partial charge on any atom is -0.000813 e. The lowest BCUT2D eigenvalue weighted by atomic mass is 9.56. The molecule has 1 atom stereocenters. The zero-order chi connectivity index (χ0) is 10.3. The van der Waals surface area contributed by atoms with Crippen LogP contribution in [-0.2, 0) is 5.41 Å². The van der Waals surface area contributed by atoms with Gasteiger partial charge in [0, 0.05) is 0 Å². The lowest BCUT2D eigenvalue weighted by molar-refractivity contribution is 0.199. The van der Waals surface area contributed by atoms with E-state index in [-0.39, 0.29) is 0 Å². The van der Waals surface area contributed by atoms with Crippen molar-refractivity contribution < 1.29 is 0 Å². The second-order valence-corrected chi connectivity index (χ2v) is 5.19. The molecule has 1 unspecified atom stereocenters. The summed E-state index contributed by atoms with van der Waals surface area (Å²) in [6.45, 7) is 0.813. The predicted octanol–water partition coefficient (Wildman–Crippen LogP) is 2.94. The van der Waals surface area contributed by atoms with Crippen LogP contribution in [0.1, 0.15) is 49.1 Å². The first-order valence-corrected chi connectivity index (χ1v) is 6.15. The van der Waals surface area contributed by atoms with E-state index in [1.54, 1.807) is 11.1 Å². The number of fused-ring (bicyclic) bond motifs is 2. The van der Waals surface area contributed by atoms with E-state index in [2.05, 4.69) is 24.3 Å². The third-order valence-electron chi connectivity index (χ3n) is 4.54. The van der Waals surface area contributed by atoms with Gasteiger partial charge in [0.1, 0.15) is 0 Å². The maximum atomic E-state index is 5.87. The van der Waals surface area contributed by atoms with Crippen molar-refractivity contribution in [1.82, 2.24) is 0 Å². The summed E-state index contributed by atoms with van der Waals surface area (Å²) in [6, 6.07) is 9.00. The van der Waals surface area contributed by atoms with Crippen molar-refractivity contribution in [3.8, 4) is 0 Å². The fourth-order valence-electron chi connectivity index (χ4n) is 3.44. The fraction of sp³-hybridized carbons (Fsp3) is 0.571. The molecule has 0 aliphatic heterocycles. The van der Waals surface area contributed by atoms with E-state index >= 15 is 0 Å². The van der Waals surface area contributed by atoms with Crippen LogP contribution in [0.4, 0.5) is 0 Å². The van der Waals surface area contributed by atoms with E-state index in [0.717, 1.165) is 6.54 Å². The normalized spacial score (nSPS) is 27.1. The molecule has 15 heavy (non-hydrogen) atoms. The van der Waals surface area contributed by atoms with Gasteiger partial charge in [-0.25, -0.2) is 0 Å². The van der Waals surface area contributed by atoms with Gasteiger partial charge in [0.25, 0.3) is 0 Å². The van der Waals surface area contributed by atoms with Crippen molar-refractivity contribution in [2.24, 2.45) is 5.73 Å². The highest BCUT2D eigenvalue weighted by Gasteiger charge is 2.43. The minimum Gasteiger partial charge on any atom is -0.330 e. The molecule has 2 aliphatic carbocycles. The van der Waals surface area contributed by atoms with E-state index in [4.69, 9.17) is 5.73 Å². The van der Waals surface area contributed by atoms with Crippen LogP contribution in [-0.4, -0.2) is 6.54 Å². The molecule has 3 rings (SSSR count). The van der Waals surface area contributed by atoms with Crippen molar-refractivity contribution in [2.45, 2.75) is 43.4 Å². The van der Waals surface area contributed by atoms with Gasteiger partial charge in [-0.15, -0.1) is 0 Å². The zero-order valence-corrected chi connectivity index (χ0v) is 9.21. The topological polar surface area (TPSA) is 26.0 Å². The molecule has 1 aromatic carbocycles. The molecule has 2 N–H and O–H groups in total. The highest BCUT2D eigenvalue weighted by molar-refractivity contribution is 5.41. The number of benzene rings is 1. The summed E-state index contributed by atoms with van der Waals surface area (Å²) in [5.41, 5.74) is 9.59. The first-order valence-electron chi connectivity index (χ1n) is 6.15. The maximum absolute atomic E-state index is 5.87. The number of hydrogen-bond acceptors (Lipinski definition) is 1. The lowest BCUT2D eigenvalue weighted by Crippen LogP contribution is -2.39.